The Labute approximate surface area is 159 Å². The van der Waals surface area contributed by atoms with E-state index in [0.717, 1.165) is 10.5 Å². The highest BCUT2D eigenvalue weighted by molar-refractivity contribution is 8.00. The number of sulfonamides is 1. The largest absolute Gasteiger partial charge is 0.351 e. The Morgan fingerprint density at radius 1 is 1.04 bits per heavy atom. The Morgan fingerprint density at radius 2 is 1.69 bits per heavy atom. The first-order chi connectivity index (χ1) is 12.3. The van der Waals surface area contributed by atoms with Gasteiger partial charge in [-0.05, 0) is 43.7 Å². The van der Waals surface area contributed by atoms with Gasteiger partial charge in [0, 0.05) is 11.4 Å². The van der Waals surface area contributed by atoms with E-state index in [1.165, 1.54) is 29.9 Å². The highest BCUT2D eigenvalue weighted by atomic mass is 32.2. The number of carbonyl (C=O) groups excluding carboxylic acids is 1. The summed E-state index contributed by atoms with van der Waals surface area (Å²) in [5.41, 5.74) is 3.99. The molecular formula is C19H24N2O3S2. The van der Waals surface area contributed by atoms with Gasteiger partial charge in [-0.2, -0.15) is 0 Å². The van der Waals surface area contributed by atoms with Crippen LogP contribution in [0.2, 0.25) is 0 Å². The predicted molar refractivity (Wildman–Crippen MR) is 107 cm³/mol. The minimum atomic E-state index is -3.27. The molecule has 7 heteroatoms. The van der Waals surface area contributed by atoms with E-state index < -0.39 is 10.0 Å². The first-order valence-electron chi connectivity index (χ1n) is 8.25. The van der Waals surface area contributed by atoms with Crippen molar-refractivity contribution in [3.05, 3.63) is 64.7 Å². The summed E-state index contributed by atoms with van der Waals surface area (Å²) < 4.78 is 25.4. The molecule has 0 saturated heterocycles. The van der Waals surface area contributed by atoms with Crippen molar-refractivity contribution in [1.82, 2.24) is 10.0 Å². The number of carbonyl (C=O) groups is 1. The Bertz CT molecular complexity index is 863. The first-order valence-corrected chi connectivity index (χ1v) is 10.9. The summed E-state index contributed by atoms with van der Waals surface area (Å²) in [5.74, 6) is 0.281. The minimum Gasteiger partial charge on any atom is -0.351 e. The van der Waals surface area contributed by atoms with Crippen LogP contribution in [0, 0.1) is 13.8 Å². The van der Waals surface area contributed by atoms with Gasteiger partial charge in [0.25, 0.3) is 0 Å². The summed E-state index contributed by atoms with van der Waals surface area (Å²) >= 11 is 1.53. The van der Waals surface area contributed by atoms with E-state index in [1.54, 1.807) is 12.1 Å². The summed E-state index contributed by atoms with van der Waals surface area (Å²) in [6.07, 6.45) is 0. The lowest BCUT2D eigenvalue weighted by atomic mass is 10.1. The van der Waals surface area contributed by atoms with Gasteiger partial charge >= 0.3 is 0 Å². The summed E-state index contributed by atoms with van der Waals surface area (Å²) in [6.45, 7) is 4.50. The standard InChI is InChI=1S/C19H24N2O3S2/c1-14-4-5-15(2)18(10-14)25-12-19(22)21-11-16-6-8-17(9-7-16)13-26(23,24)20-3/h4-10,20H,11-13H2,1-3H3,(H,21,22). The summed E-state index contributed by atoms with van der Waals surface area (Å²) in [7, 11) is -1.88. The molecule has 0 unspecified atom stereocenters. The molecule has 1 amide bonds. The maximum absolute atomic E-state index is 12.1. The van der Waals surface area contributed by atoms with Gasteiger partial charge in [0.05, 0.1) is 11.5 Å². The van der Waals surface area contributed by atoms with E-state index in [0.29, 0.717) is 17.9 Å². The van der Waals surface area contributed by atoms with Crippen LogP contribution in [-0.2, 0) is 27.1 Å². The quantitative estimate of drug-likeness (QED) is 0.678. The number of nitrogens with one attached hydrogen (secondary N) is 2. The molecular weight excluding hydrogens is 368 g/mol. The average molecular weight is 393 g/mol. The van der Waals surface area contributed by atoms with E-state index in [2.05, 4.69) is 28.2 Å². The molecule has 0 heterocycles. The summed E-state index contributed by atoms with van der Waals surface area (Å²) in [5, 5.41) is 2.89. The van der Waals surface area contributed by atoms with Crippen molar-refractivity contribution in [1.29, 1.82) is 0 Å². The fourth-order valence-electron chi connectivity index (χ4n) is 2.30. The van der Waals surface area contributed by atoms with Crippen LogP contribution >= 0.6 is 11.8 Å². The molecule has 0 aliphatic rings. The van der Waals surface area contributed by atoms with Crippen molar-refractivity contribution in [2.75, 3.05) is 12.8 Å². The molecule has 2 rings (SSSR count). The molecule has 2 aromatic carbocycles. The van der Waals surface area contributed by atoms with Gasteiger partial charge in [-0.25, -0.2) is 13.1 Å². The topological polar surface area (TPSA) is 75.3 Å². The molecule has 5 nitrogen and oxygen atoms in total. The zero-order valence-electron chi connectivity index (χ0n) is 15.2. The van der Waals surface area contributed by atoms with E-state index in [4.69, 9.17) is 0 Å². The normalized spacial score (nSPS) is 11.3. The molecule has 0 radical (unpaired) electrons. The monoisotopic (exact) mass is 392 g/mol. The van der Waals surface area contributed by atoms with E-state index in [9.17, 15) is 13.2 Å². The van der Waals surface area contributed by atoms with Gasteiger partial charge in [-0.15, -0.1) is 11.8 Å². The molecule has 140 valence electrons. The lowest BCUT2D eigenvalue weighted by molar-refractivity contribution is -0.118. The van der Waals surface area contributed by atoms with Crippen LogP contribution in [0.1, 0.15) is 22.3 Å². The van der Waals surface area contributed by atoms with Crippen molar-refractivity contribution in [2.45, 2.75) is 31.0 Å². The Morgan fingerprint density at radius 3 is 2.35 bits per heavy atom. The van der Waals surface area contributed by atoms with Crippen molar-refractivity contribution in [2.24, 2.45) is 0 Å². The van der Waals surface area contributed by atoms with Crippen LogP contribution in [-0.4, -0.2) is 27.1 Å². The Hall–Kier alpha value is -1.83. The molecule has 0 fully saturated rings. The van der Waals surface area contributed by atoms with Gasteiger partial charge in [-0.3, -0.25) is 4.79 Å². The van der Waals surface area contributed by atoms with Crippen LogP contribution in [0.4, 0.5) is 0 Å². The second-order valence-corrected chi connectivity index (χ2v) is 9.06. The van der Waals surface area contributed by atoms with Gasteiger partial charge < -0.3 is 5.32 Å². The predicted octanol–water partition coefficient (Wildman–Crippen LogP) is 2.76. The number of hydrogen-bond donors (Lipinski definition) is 2. The maximum atomic E-state index is 12.1. The second kappa shape index (κ2) is 9.21. The molecule has 0 bridgehead atoms. The number of aryl methyl sites for hydroxylation is 2. The van der Waals surface area contributed by atoms with E-state index in [-0.39, 0.29) is 11.7 Å². The van der Waals surface area contributed by atoms with Crippen molar-refractivity contribution in [3.63, 3.8) is 0 Å². The van der Waals surface area contributed by atoms with Gasteiger partial charge in [0.15, 0.2) is 0 Å². The molecule has 0 saturated carbocycles. The molecule has 0 aliphatic carbocycles. The summed E-state index contributed by atoms with van der Waals surface area (Å²) in [4.78, 5) is 13.2. The molecule has 2 N–H and O–H groups in total. The third-order valence-electron chi connectivity index (χ3n) is 3.88. The number of benzene rings is 2. The van der Waals surface area contributed by atoms with Gasteiger partial charge in [0.1, 0.15) is 0 Å². The van der Waals surface area contributed by atoms with Crippen LogP contribution in [0.3, 0.4) is 0 Å². The van der Waals surface area contributed by atoms with E-state index in [1.807, 2.05) is 26.0 Å². The van der Waals surface area contributed by atoms with Crippen LogP contribution < -0.4 is 10.0 Å². The number of thioether (sulfide) groups is 1. The fourth-order valence-corrected chi connectivity index (χ4v) is 4.03. The SMILES string of the molecule is CNS(=O)(=O)Cc1ccc(CNC(=O)CSc2cc(C)ccc2C)cc1. The van der Waals surface area contributed by atoms with Crippen LogP contribution in [0.5, 0.6) is 0 Å². The molecule has 2 aromatic rings. The second-order valence-electron chi connectivity index (χ2n) is 6.11. The third-order valence-corrected chi connectivity index (χ3v) is 6.38. The first kappa shape index (κ1) is 20.5. The van der Waals surface area contributed by atoms with Gasteiger partial charge in [0.2, 0.25) is 15.9 Å². The summed E-state index contributed by atoms with van der Waals surface area (Å²) in [6, 6.07) is 13.4. The molecule has 26 heavy (non-hydrogen) atoms. The minimum absolute atomic E-state index is 0.0299. The lowest BCUT2D eigenvalue weighted by Gasteiger charge is -2.09. The zero-order chi connectivity index (χ0) is 19.2. The Kier molecular flexibility index (Phi) is 7.25. The van der Waals surface area contributed by atoms with Crippen LogP contribution in [0.15, 0.2) is 47.4 Å². The van der Waals surface area contributed by atoms with Crippen molar-refractivity contribution < 1.29 is 13.2 Å². The average Bonchev–Trinajstić information content (AvgIpc) is 2.61. The van der Waals surface area contributed by atoms with Gasteiger partial charge in [-0.1, -0.05) is 42.0 Å². The molecule has 0 aromatic heterocycles. The number of hydrogen-bond acceptors (Lipinski definition) is 4. The van der Waals surface area contributed by atoms with Crippen molar-refractivity contribution in [3.8, 4) is 0 Å². The van der Waals surface area contributed by atoms with Crippen LogP contribution in [0.25, 0.3) is 0 Å². The zero-order valence-corrected chi connectivity index (χ0v) is 16.8. The lowest BCUT2D eigenvalue weighted by Crippen LogP contribution is -2.24. The van der Waals surface area contributed by atoms with Crippen molar-refractivity contribution >= 4 is 27.7 Å². The number of amides is 1. The molecule has 0 atom stereocenters. The highest BCUT2D eigenvalue weighted by Crippen LogP contribution is 2.23. The fraction of sp³-hybridized carbons (Fsp3) is 0.316. The number of rotatable bonds is 8. The third kappa shape index (κ3) is 6.48. The molecule has 0 spiro atoms. The highest BCUT2D eigenvalue weighted by Gasteiger charge is 2.09. The smallest absolute Gasteiger partial charge is 0.230 e. The van der Waals surface area contributed by atoms with E-state index >= 15 is 0 Å². The maximum Gasteiger partial charge on any atom is 0.230 e. The molecule has 0 aliphatic heterocycles. The Balaban J connectivity index is 1.82.